The smallest absolute Gasteiger partial charge is 0.147 e. The Morgan fingerprint density at radius 3 is 2.37 bits per heavy atom. The van der Waals surface area contributed by atoms with Crippen LogP contribution in [0, 0.1) is 40.3 Å². The van der Waals surface area contributed by atoms with Gasteiger partial charge in [-0.25, -0.2) is 4.39 Å². The van der Waals surface area contributed by atoms with Gasteiger partial charge < -0.3 is 4.90 Å². The summed E-state index contributed by atoms with van der Waals surface area (Å²) >= 11 is 0. The average Bonchev–Trinajstić information content (AvgIpc) is 2.87. The van der Waals surface area contributed by atoms with Crippen LogP contribution in [0.4, 0.5) is 10.1 Å². The van der Waals surface area contributed by atoms with Crippen LogP contribution in [-0.4, -0.2) is 13.1 Å². The Bertz CT molecular complexity index is 541. The van der Waals surface area contributed by atoms with Crippen LogP contribution in [0.15, 0.2) is 18.2 Å². The van der Waals surface area contributed by atoms with Crippen LogP contribution < -0.4 is 4.90 Å². The molecule has 1 aliphatic carbocycles. The van der Waals surface area contributed by atoms with Crippen LogP contribution in [0.3, 0.4) is 0 Å². The number of hydrogen-bond acceptors (Lipinski definition) is 2. The fourth-order valence-electron chi connectivity index (χ4n) is 3.84. The maximum absolute atomic E-state index is 14.0. The molecule has 19 heavy (non-hydrogen) atoms. The van der Waals surface area contributed by atoms with Crippen molar-refractivity contribution >= 4 is 5.69 Å². The maximum Gasteiger partial charge on any atom is 0.147 e. The Morgan fingerprint density at radius 1 is 1.26 bits per heavy atom. The molecule has 2 fully saturated rings. The van der Waals surface area contributed by atoms with E-state index in [1.165, 1.54) is 6.07 Å². The largest absolute Gasteiger partial charge is 0.369 e. The van der Waals surface area contributed by atoms with E-state index in [2.05, 4.69) is 25.7 Å². The van der Waals surface area contributed by atoms with Gasteiger partial charge >= 0.3 is 0 Å². The summed E-state index contributed by atoms with van der Waals surface area (Å²) in [5.41, 5.74) is 1.40. The molecule has 0 aromatic heterocycles. The first-order valence-electron chi connectivity index (χ1n) is 6.86. The summed E-state index contributed by atoms with van der Waals surface area (Å²) in [5.74, 6) is 1.95. The molecule has 1 saturated heterocycles. The molecule has 2 atom stereocenters. The first kappa shape index (κ1) is 12.5. The van der Waals surface area contributed by atoms with Gasteiger partial charge in [-0.3, -0.25) is 0 Å². The molecule has 1 aliphatic heterocycles. The van der Waals surface area contributed by atoms with E-state index in [1.807, 2.05) is 6.07 Å². The molecule has 2 nitrogen and oxygen atoms in total. The predicted octanol–water partition coefficient (Wildman–Crippen LogP) is 3.43. The zero-order valence-electron chi connectivity index (χ0n) is 11.7. The standard InChI is InChI=1S/C16H19FN2/c1-16(2,3)15-11-8-19(9-12(11)15)14-5-4-10(7-18)6-13(14)17/h4-6,11-12,15H,8-9H2,1-3H3. The maximum atomic E-state index is 14.0. The number of anilines is 1. The lowest BCUT2D eigenvalue weighted by atomic mass is 9.87. The van der Waals surface area contributed by atoms with E-state index in [-0.39, 0.29) is 5.82 Å². The summed E-state index contributed by atoms with van der Waals surface area (Å²) in [6.45, 7) is 8.79. The van der Waals surface area contributed by atoms with E-state index in [9.17, 15) is 4.39 Å². The molecule has 1 aromatic carbocycles. The molecule has 0 bridgehead atoms. The molecule has 2 aliphatic rings. The third kappa shape index (κ3) is 2.00. The molecular formula is C16H19FN2. The summed E-state index contributed by atoms with van der Waals surface area (Å²) in [6.07, 6.45) is 0. The van der Waals surface area contributed by atoms with E-state index < -0.39 is 0 Å². The van der Waals surface area contributed by atoms with Gasteiger partial charge in [0.25, 0.3) is 0 Å². The molecule has 0 N–H and O–H groups in total. The predicted molar refractivity (Wildman–Crippen MR) is 73.3 cm³/mol. The molecule has 0 amide bonds. The summed E-state index contributed by atoms with van der Waals surface area (Å²) in [4.78, 5) is 2.13. The Balaban J connectivity index is 1.74. The molecule has 1 heterocycles. The fourth-order valence-corrected chi connectivity index (χ4v) is 3.84. The highest BCUT2D eigenvalue weighted by atomic mass is 19.1. The molecule has 0 spiro atoms. The van der Waals surface area contributed by atoms with Crippen molar-refractivity contribution in [2.75, 3.05) is 18.0 Å². The Hall–Kier alpha value is -1.56. The summed E-state index contributed by atoms with van der Waals surface area (Å²) in [7, 11) is 0. The summed E-state index contributed by atoms with van der Waals surface area (Å²) < 4.78 is 14.0. The monoisotopic (exact) mass is 258 g/mol. The first-order valence-corrected chi connectivity index (χ1v) is 6.86. The van der Waals surface area contributed by atoms with Gasteiger partial charge in [0.2, 0.25) is 0 Å². The van der Waals surface area contributed by atoms with Crippen LogP contribution in [0.5, 0.6) is 0 Å². The van der Waals surface area contributed by atoms with Crippen molar-refractivity contribution in [1.29, 1.82) is 5.26 Å². The highest BCUT2D eigenvalue weighted by molar-refractivity contribution is 5.53. The molecule has 3 heteroatoms. The number of halogens is 1. The second-order valence-electron chi connectivity index (χ2n) is 6.90. The van der Waals surface area contributed by atoms with Crippen LogP contribution >= 0.6 is 0 Å². The van der Waals surface area contributed by atoms with Crippen molar-refractivity contribution in [2.24, 2.45) is 23.2 Å². The minimum Gasteiger partial charge on any atom is -0.369 e. The quantitative estimate of drug-likeness (QED) is 0.771. The molecule has 0 radical (unpaired) electrons. The SMILES string of the molecule is CC(C)(C)C1C2CN(c3ccc(C#N)cc3F)CC21. The van der Waals surface area contributed by atoms with Crippen LogP contribution in [0.25, 0.3) is 0 Å². The summed E-state index contributed by atoms with van der Waals surface area (Å²) in [6, 6.07) is 6.74. The Labute approximate surface area is 113 Å². The number of benzene rings is 1. The lowest BCUT2D eigenvalue weighted by Gasteiger charge is -2.27. The van der Waals surface area contributed by atoms with Gasteiger partial charge in [0, 0.05) is 13.1 Å². The number of fused-ring (bicyclic) bond motifs is 1. The minimum atomic E-state index is -0.271. The van der Waals surface area contributed by atoms with Crippen LogP contribution in [-0.2, 0) is 0 Å². The normalized spacial score (nSPS) is 29.0. The van der Waals surface area contributed by atoms with Crippen LogP contribution in [0.1, 0.15) is 26.3 Å². The van der Waals surface area contributed by atoms with Crippen molar-refractivity contribution < 1.29 is 4.39 Å². The highest BCUT2D eigenvalue weighted by Gasteiger charge is 2.59. The fraction of sp³-hybridized carbons (Fsp3) is 0.562. The van der Waals surface area contributed by atoms with Crippen LogP contribution in [0.2, 0.25) is 0 Å². The topological polar surface area (TPSA) is 27.0 Å². The molecule has 2 unspecified atom stereocenters. The van der Waals surface area contributed by atoms with E-state index in [1.54, 1.807) is 12.1 Å². The molecular weight excluding hydrogens is 239 g/mol. The first-order chi connectivity index (χ1) is 8.91. The average molecular weight is 258 g/mol. The second kappa shape index (κ2) is 3.96. The van der Waals surface area contributed by atoms with Gasteiger partial charge in [-0.2, -0.15) is 5.26 Å². The number of piperidine rings is 1. The summed E-state index contributed by atoms with van der Waals surface area (Å²) in [5, 5.41) is 8.76. The zero-order valence-corrected chi connectivity index (χ0v) is 11.7. The zero-order chi connectivity index (χ0) is 13.8. The van der Waals surface area contributed by atoms with Gasteiger partial charge in [-0.05, 0) is 41.4 Å². The van der Waals surface area contributed by atoms with E-state index in [0.29, 0.717) is 16.7 Å². The lowest BCUT2D eigenvalue weighted by molar-refractivity contribution is 0.309. The third-order valence-corrected chi connectivity index (χ3v) is 4.61. The number of rotatable bonds is 1. The van der Waals surface area contributed by atoms with E-state index in [4.69, 9.17) is 5.26 Å². The van der Waals surface area contributed by atoms with Crippen molar-refractivity contribution in [2.45, 2.75) is 20.8 Å². The number of hydrogen-bond donors (Lipinski definition) is 0. The third-order valence-electron chi connectivity index (χ3n) is 4.61. The van der Waals surface area contributed by atoms with Gasteiger partial charge in [0.1, 0.15) is 5.82 Å². The van der Waals surface area contributed by atoms with Crippen molar-refractivity contribution in [3.8, 4) is 6.07 Å². The number of nitriles is 1. The van der Waals surface area contributed by atoms with E-state index in [0.717, 1.165) is 30.8 Å². The van der Waals surface area contributed by atoms with Gasteiger partial charge in [-0.1, -0.05) is 20.8 Å². The Kier molecular flexibility index (Phi) is 2.60. The van der Waals surface area contributed by atoms with Crippen molar-refractivity contribution in [3.05, 3.63) is 29.6 Å². The highest BCUT2D eigenvalue weighted by Crippen LogP contribution is 2.60. The Morgan fingerprint density at radius 2 is 1.89 bits per heavy atom. The van der Waals surface area contributed by atoms with Crippen molar-refractivity contribution in [3.63, 3.8) is 0 Å². The van der Waals surface area contributed by atoms with E-state index >= 15 is 0 Å². The molecule has 1 aromatic rings. The minimum absolute atomic E-state index is 0.271. The number of nitrogens with zero attached hydrogens (tertiary/aromatic N) is 2. The molecule has 1 saturated carbocycles. The molecule has 3 rings (SSSR count). The van der Waals surface area contributed by atoms with Crippen molar-refractivity contribution in [1.82, 2.24) is 0 Å². The second-order valence-corrected chi connectivity index (χ2v) is 6.90. The molecule has 100 valence electrons. The lowest BCUT2D eigenvalue weighted by Crippen LogP contribution is -2.28. The van der Waals surface area contributed by atoms with Gasteiger partial charge in [0.15, 0.2) is 0 Å². The van der Waals surface area contributed by atoms with Gasteiger partial charge in [-0.15, -0.1) is 0 Å². The van der Waals surface area contributed by atoms with Gasteiger partial charge in [0.05, 0.1) is 17.3 Å².